The highest BCUT2D eigenvalue weighted by molar-refractivity contribution is 6.34. The summed E-state index contributed by atoms with van der Waals surface area (Å²) in [7, 11) is 12.8. The van der Waals surface area contributed by atoms with Crippen LogP contribution in [-0.4, -0.2) is 41.4 Å². The Morgan fingerprint density at radius 2 is 0.719 bits per heavy atom. The van der Waals surface area contributed by atoms with Gasteiger partial charge in [-0.1, -0.05) is 144 Å². The van der Waals surface area contributed by atoms with Crippen LogP contribution in [0.2, 0.25) is 0 Å². The molecule has 2 aliphatic heterocycles. The zero-order chi connectivity index (χ0) is 42.4. The number of aromatic nitrogens is 4. The molecule has 1 spiro atoms. The van der Waals surface area contributed by atoms with E-state index in [0.717, 1.165) is 0 Å². The maximum absolute atomic E-state index is 6.65. The van der Waals surface area contributed by atoms with Crippen LogP contribution in [0.4, 0.5) is 22.7 Å². The van der Waals surface area contributed by atoms with Gasteiger partial charge in [0.15, 0.2) is 22.9 Å². The number of benzene rings is 4. The molecule has 6 aromatic rings. The fourth-order valence-electron chi connectivity index (χ4n) is 4.77. The van der Waals surface area contributed by atoms with Crippen molar-refractivity contribution >= 4 is 49.6 Å². The van der Waals surface area contributed by atoms with E-state index in [0.29, 0.717) is 22.7 Å². The number of azo groups is 2. The third kappa shape index (κ3) is 11.0. The number of para-hydroxylation sites is 4. The van der Waals surface area contributed by atoms with Gasteiger partial charge < -0.3 is 18.9 Å². The molecular weight excluding hydrogens is 714 g/mol. The average molecular weight is 769 g/mol. The summed E-state index contributed by atoms with van der Waals surface area (Å²) in [6, 6.07) is 32.3. The van der Waals surface area contributed by atoms with Gasteiger partial charge >= 0.3 is 6.16 Å². The summed E-state index contributed by atoms with van der Waals surface area (Å²) in [4.78, 5) is 0. The molecule has 2 aliphatic rings. The zero-order valence-electron chi connectivity index (χ0n) is 35.3. The molecule has 14 heteroatoms. The topological polar surface area (TPSA) is 122 Å². The van der Waals surface area contributed by atoms with Crippen molar-refractivity contribution in [1.29, 1.82) is 0 Å². The molecule has 0 atom stereocenters. The van der Waals surface area contributed by atoms with Crippen molar-refractivity contribution in [2.75, 3.05) is 0 Å². The first-order valence-electron chi connectivity index (χ1n) is 19.7. The third-order valence-electron chi connectivity index (χ3n) is 6.85. The summed E-state index contributed by atoms with van der Waals surface area (Å²) in [5, 5.41) is 26.7. The van der Waals surface area contributed by atoms with Crippen LogP contribution < -0.4 is 30.1 Å². The molecule has 8 rings (SSSR count). The van der Waals surface area contributed by atoms with E-state index in [9.17, 15) is 0 Å². The molecule has 296 valence electrons. The fourth-order valence-corrected chi connectivity index (χ4v) is 4.77. The first-order chi connectivity index (χ1) is 28.1. The SMILES string of the molecule is CC.CC.CC.CC.CC.CC.[B]c1nn(-c2ccccc2)c2c1N=Nc1ccccc1OC1(Oc3ccccc3N=Nc3c([B])nn(-c4ccccc4)c3O1)O2. The molecule has 4 heterocycles. The summed E-state index contributed by atoms with van der Waals surface area (Å²) < 4.78 is 29.3. The zero-order valence-corrected chi connectivity index (χ0v) is 35.3. The van der Waals surface area contributed by atoms with Crippen LogP contribution in [0, 0.1) is 0 Å². The van der Waals surface area contributed by atoms with Crippen molar-refractivity contribution in [1.82, 2.24) is 19.6 Å². The van der Waals surface area contributed by atoms with Gasteiger partial charge in [0.1, 0.15) is 27.1 Å². The molecule has 0 saturated heterocycles. The minimum atomic E-state index is -2.45. The molecule has 0 aliphatic carbocycles. The maximum atomic E-state index is 6.65. The Labute approximate surface area is 340 Å². The van der Waals surface area contributed by atoms with Crippen LogP contribution in [0.1, 0.15) is 83.1 Å². The average Bonchev–Trinajstić information content (AvgIpc) is 3.81. The molecule has 2 aromatic heterocycles. The summed E-state index contributed by atoms with van der Waals surface area (Å²) in [5.74, 6) is 0.465. The lowest BCUT2D eigenvalue weighted by molar-refractivity contribution is -0.369. The Kier molecular flexibility index (Phi) is 20.1. The lowest BCUT2D eigenvalue weighted by atomic mass is 10.0. The standard InChI is InChI=1S/C31H18B2N8O4.6C2H6/c32-27-25-29(40(38-27)19-11-3-1-4-12-19)44-31(42-23-17-9-7-15-21(23)34-36-25)43-24-18-10-8-16-22(24)35-37-26-28(33)39-41(30(26)45-31)20-13-5-2-6-14-20;6*1-2/h1-18H;6*1-2H3. The molecule has 4 radical (unpaired) electrons. The minimum Gasteiger partial charge on any atom is -0.384 e. The summed E-state index contributed by atoms with van der Waals surface area (Å²) in [6.45, 7) is 24.0. The van der Waals surface area contributed by atoms with Crippen molar-refractivity contribution in [2.45, 2.75) is 89.2 Å². The van der Waals surface area contributed by atoms with Gasteiger partial charge in [-0.2, -0.15) is 19.6 Å². The van der Waals surface area contributed by atoms with Gasteiger partial charge in [-0.3, -0.25) is 0 Å². The Morgan fingerprint density at radius 3 is 1.07 bits per heavy atom. The predicted molar refractivity (Wildman–Crippen MR) is 232 cm³/mol. The van der Waals surface area contributed by atoms with Crippen molar-refractivity contribution in [3.05, 3.63) is 109 Å². The Hall–Kier alpha value is -6.17. The van der Waals surface area contributed by atoms with Crippen molar-refractivity contribution in [3.8, 4) is 34.6 Å². The second kappa shape index (κ2) is 24.4. The highest BCUT2D eigenvalue weighted by Crippen LogP contribution is 2.44. The lowest BCUT2D eigenvalue weighted by Crippen LogP contribution is -2.54. The first-order valence-corrected chi connectivity index (χ1v) is 19.7. The molecule has 0 unspecified atom stereocenters. The Bertz CT molecular complexity index is 1970. The molecule has 0 saturated carbocycles. The molecule has 0 bridgehead atoms. The monoisotopic (exact) mass is 768 g/mol. The van der Waals surface area contributed by atoms with E-state index in [2.05, 4.69) is 30.7 Å². The summed E-state index contributed by atoms with van der Waals surface area (Å²) in [5.41, 5.74) is 2.21. The van der Waals surface area contributed by atoms with Crippen LogP contribution in [0.5, 0.6) is 23.3 Å². The largest absolute Gasteiger partial charge is 0.613 e. The number of hydrogen-bond acceptors (Lipinski definition) is 10. The molecule has 12 nitrogen and oxygen atoms in total. The van der Waals surface area contributed by atoms with Gasteiger partial charge in [-0.25, -0.2) is 0 Å². The molecule has 0 N–H and O–H groups in total. The van der Waals surface area contributed by atoms with Gasteiger partial charge in [-0.15, -0.1) is 20.5 Å². The maximum Gasteiger partial charge on any atom is 0.613 e. The van der Waals surface area contributed by atoms with E-state index < -0.39 is 6.16 Å². The van der Waals surface area contributed by atoms with Gasteiger partial charge in [0.25, 0.3) is 11.8 Å². The lowest BCUT2D eigenvalue weighted by Gasteiger charge is -2.32. The second-order valence-electron chi connectivity index (χ2n) is 9.82. The van der Waals surface area contributed by atoms with Crippen LogP contribution in [0.3, 0.4) is 0 Å². The van der Waals surface area contributed by atoms with Gasteiger partial charge in [0.05, 0.1) is 11.4 Å². The first kappa shape index (κ1) is 47.0. The van der Waals surface area contributed by atoms with Crippen LogP contribution in [-0.2, 0) is 0 Å². The van der Waals surface area contributed by atoms with E-state index in [-0.39, 0.29) is 45.8 Å². The number of nitrogens with zero attached hydrogens (tertiary/aromatic N) is 8. The molecule has 4 aromatic carbocycles. The van der Waals surface area contributed by atoms with E-state index in [1.807, 2.05) is 144 Å². The molecule has 0 amide bonds. The second-order valence-corrected chi connectivity index (χ2v) is 9.82. The molecule has 57 heavy (non-hydrogen) atoms. The van der Waals surface area contributed by atoms with Crippen molar-refractivity contribution in [2.24, 2.45) is 20.5 Å². The Morgan fingerprint density at radius 1 is 0.404 bits per heavy atom. The highest BCUT2D eigenvalue weighted by Gasteiger charge is 2.49. The van der Waals surface area contributed by atoms with Gasteiger partial charge in [-0.05, 0) is 48.5 Å². The van der Waals surface area contributed by atoms with Gasteiger partial charge in [0.2, 0.25) is 0 Å². The highest BCUT2D eigenvalue weighted by atomic mass is 17.0. The van der Waals surface area contributed by atoms with Gasteiger partial charge in [0, 0.05) is 11.2 Å². The number of rotatable bonds is 2. The van der Waals surface area contributed by atoms with E-state index in [1.54, 1.807) is 48.5 Å². The minimum absolute atomic E-state index is 0.0150. The normalized spacial score (nSPS) is 13.5. The fraction of sp³-hybridized carbons (Fsp3) is 0.302. The number of fused-ring (bicyclic) bond motifs is 4. The smallest absolute Gasteiger partial charge is 0.384 e. The Balaban J connectivity index is 0.000000859. The van der Waals surface area contributed by atoms with E-state index in [1.165, 1.54) is 9.36 Å². The number of hydrogen-bond donors (Lipinski definition) is 0. The van der Waals surface area contributed by atoms with Crippen LogP contribution in [0.15, 0.2) is 130 Å². The van der Waals surface area contributed by atoms with Crippen LogP contribution >= 0.6 is 0 Å². The van der Waals surface area contributed by atoms with Crippen molar-refractivity contribution in [3.63, 3.8) is 0 Å². The van der Waals surface area contributed by atoms with Crippen LogP contribution in [0.25, 0.3) is 11.4 Å². The van der Waals surface area contributed by atoms with E-state index in [4.69, 9.17) is 34.6 Å². The molecule has 0 fully saturated rings. The summed E-state index contributed by atoms with van der Waals surface area (Å²) in [6.07, 6.45) is -2.45. The van der Waals surface area contributed by atoms with E-state index >= 15 is 0 Å². The molecular formula is C43H54B2N8O4. The third-order valence-corrected chi connectivity index (χ3v) is 6.85. The van der Waals surface area contributed by atoms with Crippen molar-refractivity contribution < 1.29 is 18.9 Å². The number of ether oxygens (including phenoxy) is 4. The predicted octanol–water partition coefficient (Wildman–Crippen LogP) is 11.5. The quantitative estimate of drug-likeness (QED) is 0.162. The summed E-state index contributed by atoms with van der Waals surface area (Å²) >= 11 is 0.